The molecule has 0 fully saturated rings. The first-order chi connectivity index (χ1) is 9.31. The third-order valence-electron chi connectivity index (χ3n) is 2.74. The molecule has 2 rings (SSSR count). The SMILES string of the molecule is CNc1cc(-n2cc(C(N)=O)cn2)nc(C(C)(C)C)n1. The fourth-order valence-electron chi connectivity index (χ4n) is 1.59. The smallest absolute Gasteiger partial charge is 0.251 e. The fraction of sp³-hybridized carbons (Fsp3) is 0.385. The number of primary amides is 1. The number of amides is 1. The zero-order valence-corrected chi connectivity index (χ0v) is 12.0. The van der Waals surface area contributed by atoms with E-state index in [2.05, 4.69) is 20.4 Å². The van der Waals surface area contributed by atoms with Crippen molar-refractivity contribution in [2.24, 2.45) is 5.73 Å². The molecule has 2 heterocycles. The third-order valence-corrected chi connectivity index (χ3v) is 2.74. The van der Waals surface area contributed by atoms with E-state index >= 15 is 0 Å². The summed E-state index contributed by atoms with van der Waals surface area (Å²) in [6.45, 7) is 6.09. The van der Waals surface area contributed by atoms with Gasteiger partial charge in [0, 0.05) is 24.7 Å². The Morgan fingerprint density at radius 1 is 1.35 bits per heavy atom. The standard InChI is InChI=1S/C13H18N6O/c1-13(2,3)12-17-9(15-4)5-10(18-12)19-7-8(6-16-19)11(14)20/h5-7H,1-4H3,(H2,14,20)(H,15,17,18). The first-order valence-electron chi connectivity index (χ1n) is 6.23. The van der Waals surface area contributed by atoms with Gasteiger partial charge >= 0.3 is 0 Å². The summed E-state index contributed by atoms with van der Waals surface area (Å²) in [6, 6.07) is 1.76. The van der Waals surface area contributed by atoms with Gasteiger partial charge in [-0.15, -0.1) is 0 Å². The van der Waals surface area contributed by atoms with Crippen molar-refractivity contribution >= 4 is 11.7 Å². The Kier molecular flexibility index (Phi) is 3.44. The minimum Gasteiger partial charge on any atom is -0.373 e. The first-order valence-corrected chi connectivity index (χ1v) is 6.23. The van der Waals surface area contributed by atoms with Crippen LogP contribution in [0.5, 0.6) is 0 Å². The van der Waals surface area contributed by atoms with Crippen LogP contribution in [0.15, 0.2) is 18.5 Å². The molecule has 7 heteroatoms. The molecule has 0 aliphatic rings. The summed E-state index contributed by atoms with van der Waals surface area (Å²) < 4.78 is 1.51. The number of nitrogens with one attached hydrogen (secondary N) is 1. The molecule has 20 heavy (non-hydrogen) atoms. The van der Waals surface area contributed by atoms with E-state index in [1.807, 2.05) is 20.8 Å². The second-order valence-corrected chi connectivity index (χ2v) is 5.47. The Hall–Kier alpha value is -2.44. The highest BCUT2D eigenvalue weighted by Gasteiger charge is 2.19. The molecular formula is C13H18N6O. The average Bonchev–Trinajstić information content (AvgIpc) is 2.87. The number of aromatic nitrogens is 4. The molecule has 1 amide bonds. The van der Waals surface area contributed by atoms with Crippen LogP contribution in [0.3, 0.4) is 0 Å². The number of nitrogens with two attached hydrogens (primary N) is 1. The van der Waals surface area contributed by atoms with E-state index < -0.39 is 5.91 Å². The van der Waals surface area contributed by atoms with Gasteiger partial charge in [-0.05, 0) is 0 Å². The van der Waals surface area contributed by atoms with Crippen LogP contribution in [-0.2, 0) is 5.41 Å². The maximum Gasteiger partial charge on any atom is 0.251 e. The van der Waals surface area contributed by atoms with Gasteiger partial charge in [0.1, 0.15) is 11.6 Å². The molecule has 0 radical (unpaired) electrons. The molecule has 0 unspecified atom stereocenters. The van der Waals surface area contributed by atoms with Crippen molar-refractivity contribution in [3.8, 4) is 5.82 Å². The lowest BCUT2D eigenvalue weighted by Gasteiger charge is -2.18. The van der Waals surface area contributed by atoms with Crippen LogP contribution in [0.1, 0.15) is 37.0 Å². The molecule has 0 spiro atoms. The highest BCUT2D eigenvalue weighted by molar-refractivity contribution is 5.92. The van der Waals surface area contributed by atoms with Gasteiger partial charge in [-0.1, -0.05) is 20.8 Å². The fourth-order valence-corrected chi connectivity index (χ4v) is 1.59. The van der Waals surface area contributed by atoms with E-state index in [4.69, 9.17) is 5.73 Å². The van der Waals surface area contributed by atoms with Crippen molar-refractivity contribution in [1.82, 2.24) is 19.7 Å². The lowest BCUT2D eigenvalue weighted by atomic mass is 9.96. The Morgan fingerprint density at radius 2 is 2.05 bits per heavy atom. The molecule has 2 aromatic rings. The van der Waals surface area contributed by atoms with Gasteiger partial charge < -0.3 is 11.1 Å². The molecule has 0 saturated heterocycles. The molecule has 7 nitrogen and oxygen atoms in total. The maximum atomic E-state index is 11.1. The number of hydrogen-bond donors (Lipinski definition) is 2. The minimum atomic E-state index is -0.518. The number of hydrogen-bond acceptors (Lipinski definition) is 5. The molecule has 0 aliphatic carbocycles. The summed E-state index contributed by atoms with van der Waals surface area (Å²) in [5.74, 6) is 1.45. The van der Waals surface area contributed by atoms with Gasteiger partial charge in [0.2, 0.25) is 0 Å². The van der Waals surface area contributed by atoms with Crippen molar-refractivity contribution < 1.29 is 4.79 Å². The second kappa shape index (κ2) is 4.92. The Balaban J connectivity index is 2.52. The Bertz CT molecular complexity index is 641. The first kappa shape index (κ1) is 14.0. The van der Waals surface area contributed by atoms with Gasteiger partial charge in [0.15, 0.2) is 5.82 Å². The Labute approximate surface area is 117 Å². The van der Waals surface area contributed by atoms with Crippen LogP contribution in [0.25, 0.3) is 5.82 Å². The minimum absolute atomic E-state index is 0.193. The highest BCUT2D eigenvalue weighted by atomic mass is 16.1. The van der Waals surface area contributed by atoms with E-state index in [-0.39, 0.29) is 5.41 Å². The van der Waals surface area contributed by atoms with Crippen LogP contribution >= 0.6 is 0 Å². The Morgan fingerprint density at radius 3 is 2.55 bits per heavy atom. The number of rotatable bonds is 3. The van der Waals surface area contributed by atoms with E-state index in [0.717, 1.165) is 0 Å². The van der Waals surface area contributed by atoms with Gasteiger partial charge in [-0.25, -0.2) is 14.6 Å². The summed E-state index contributed by atoms with van der Waals surface area (Å²) in [4.78, 5) is 20.0. The van der Waals surface area contributed by atoms with Gasteiger partial charge in [0.05, 0.1) is 11.8 Å². The molecule has 0 bridgehead atoms. The normalized spacial score (nSPS) is 11.4. The molecule has 106 valence electrons. The molecule has 0 aromatic carbocycles. The van der Waals surface area contributed by atoms with E-state index in [0.29, 0.717) is 23.0 Å². The van der Waals surface area contributed by atoms with Crippen molar-refractivity contribution in [2.45, 2.75) is 26.2 Å². The van der Waals surface area contributed by atoms with E-state index in [9.17, 15) is 4.79 Å². The monoisotopic (exact) mass is 274 g/mol. The largest absolute Gasteiger partial charge is 0.373 e. The van der Waals surface area contributed by atoms with Crippen molar-refractivity contribution in [3.63, 3.8) is 0 Å². The topological polar surface area (TPSA) is 98.7 Å². The molecule has 0 aliphatic heterocycles. The number of carbonyl (C=O) groups excluding carboxylic acids is 1. The quantitative estimate of drug-likeness (QED) is 0.873. The van der Waals surface area contributed by atoms with Gasteiger partial charge in [-0.2, -0.15) is 5.10 Å². The summed E-state index contributed by atoms with van der Waals surface area (Å²) in [7, 11) is 1.79. The number of carbonyl (C=O) groups is 1. The molecular weight excluding hydrogens is 256 g/mol. The van der Waals surface area contributed by atoms with E-state index in [1.54, 1.807) is 19.3 Å². The lowest BCUT2D eigenvalue weighted by Crippen LogP contribution is -2.18. The molecule has 0 saturated carbocycles. The van der Waals surface area contributed by atoms with Crippen molar-refractivity contribution in [2.75, 3.05) is 12.4 Å². The van der Waals surface area contributed by atoms with E-state index in [1.165, 1.54) is 10.9 Å². The van der Waals surface area contributed by atoms with Crippen molar-refractivity contribution in [1.29, 1.82) is 0 Å². The molecule has 3 N–H and O–H groups in total. The predicted octanol–water partition coefficient (Wildman–Crippen LogP) is 1.10. The highest BCUT2D eigenvalue weighted by Crippen LogP contribution is 2.21. The number of anilines is 1. The van der Waals surface area contributed by atoms with Crippen LogP contribution in [0.2, 0.25) is 0 Å². The van der Waals surface area contributed by atoms with Gasteiger partial charge in [-0.3, -0.25) is 4.79 Å². The summed E-state index contributed by atoms with van der Waals surface area (Å²) in [6.07, 6.45) is 2.97. The van der Waals surface area contributed by atoms with Gasteiger partial charge in [0.25, 0.3) is 5.91 Å². The van der Waals surface area contributed by atoms with Crippen LogP contribution in [0.4, 0.5) is 5.82 Å². The molecule has 2 aromatic heterocycles. The van der Waals surface area contributed by atoms with Crippen LogP contribution < -0.4 is 11.1 Å². The average molecular weight is 274 g/mol. The summed E-state index contributed by atoms with van der Waals surface area (Å²) in [5, 5.41) is 7.10. The summed E-state index contributed by atoms with van der Waals surface area (Å²) in [5.41, 5.74) is 5.37. The zero-order chi connectivity index (χ0) is 14.9. The van der Waals surface area contributed by atoms with Crippen molar-refractivity contribution in [3.05, 3.63) is 29.8 Å². The maximum absolute atomic E-state index is 11.1. The molecule has 0 atom stereocenters. The summed E-state index contributed by atoms with van der Waals surface area (Å²) >= 11 is 0. The lowest BCUT2D eigenvalue weighted by molar-refractivity contribution is 0.100. The van der Waals surface area contributed by atoms with Crippen LogP contribution in [0, 0.1) is 0 Å². The van der Waals surface area contributed by atoms with Crippen LogP contribution in [-0.4, -0.2) is 32.7 Å². The third kappa shape index (κ3) is 2.76. The predicted molar refractivity (Wildman–Crippen MR) is 75.9 cm³/mol. The number of nitrogens with zero attached hydrogens (tertiary/aromatic N) is 4. The zero-order valence-electron chi connectivity index (χ0n) is 12.0. The second-order valence-electron chi connectivity index (χ2n) is 5.47.